The average molecular weight is 308 g/mol. The zero-order valence-electron chi connectivity index (χ0n) is 13.7. The van der Waals surface area contributed by atoms with Crippen molar-refractivity contribution in [1.29, 1.82) is 0 Å². The molecule has 5 heteroatoms. The minimum atomic E-state index is -0.451. The van der Waals surface area contributed by atoms with E-state index < -0.39 is 5.60 Å². The molecule has 22 heavy (non-hydrogen) atoms. The first-order chi connectivity index (χ1) is 10.3. The van der Waals surface area contributed by atoms with Gasteiger partial charge in [-0.1, -0.05) is 12.1 Å². The van der Waals surface area contributed by atoms with Crippen molar-refractivity contribution in [3.8, 4) is 5.75 Å². The fraction of sp³-hybridized carbons (Fsp3) is 0.529. The molecule has 0 unspecified atom stereocenters. The van der Waals surface area contributed by atoms with E-state index in [1.54, 1.807) is 12.1 Å². The van der Waals surface area contributed by atoms with Gasteiger partial charge < -0.3 is 14.2 Å². The Balaban J connectivity index is 2.28. The first-order valence-corrected chi connectivity index (χ1v) is 7.30. The molecule has 0 saturated carbocycles. The van der Waals surface area contributed by atoms with Gasteiger partial charge >= 0.3 is 11.9 Å². The first-order valence-electron chi connectivity index (χ1n) is 7.30. The van der Waals surface area contributed by atoms with E-state index in [0.717, 1.165) is 5.56 Å². The third kappa shape index (κ3) is 7.67. The number of benzene rings is 1. The molecule has 0 saturated heterocycles. The molecule has 1 aromatic carbocycles. The van der Waals surface area contributed by atoms with Gasteiger partial charge in [0, 0.05) is 6.42 Å². The van der Waals surface area contributed by atoms with Crippen LogP contribution in [0.25, 0.3) is 0 Å². The van der Waals surface area contributed by atoms with Crippen LogP contribution in [0.1, 0.15) is 39.2 Å². The summed E-state index contributed by atoms with van der Waals surface area (Å²) >= 11 is 0. The zero-order valence-corrected chi connectivity index (χ0v) is 13.7. The van der Waals surface area contributed by atoms with Crippen LogP contribution in [0.15, 0.2) is 24.3 Å². The van der Waals surface area contributed by atoms with Gasteiger partial charge in [0.05, 0.1) is 20.1 Å². The van der Waals surface area contributed by atoms with E-state index in [-0.39, 0.29) is 18.4 Å². The summed E-state index contributed by atoms with van der Waals surface area (Å²) in [5.41, 5.74) is 0.417. The van der Waals surface area contributed by atoms with Crippen LogP contribution in [-0.2, 0) is 25.5 Å². The summed E-state index contributed by atoms with van der Waals surface area (Å²) in [4.78, 5) is 22.7. The summed E-state index contributed by atoms with van der Waals surface area (Å²) in [5.74, 6) is 0.216. The van der Waals surface area contributed by atoms with Gasteiger partial charge in [0.25, 0.3) is 0 Å². The molecule has 122 valence electrons. The van der Waals surface area contributed by atoms with Gasteiger partial charge in [0.1, 0.15) is 11.4 Å². The van der Waals surface area contributed by atoms with E-state index in [1.165, 1.54) is 7.11 Å². The lowest BCUT2D eigenvalue weighted by Gasteiger charge is -2.19. The zero-order chi connectivity index (χ0) is 16.6. The lowest BCUT2D eigenvalue weighted by molar-refractivity contribution is -0.155. The van der Waals surface area contributed by atoms with Crippen molar-refractivity contribution in [2.75, 3.05) is 13.7 Å². The maximum atomic E-state index is 11.5. The average Bonchev–Trinajstić information content (AvgIpc) is 2.43. The third-order valence-corrected chi connectivity index (χ3v) is 2.71. The van der Waals surface area contributed by atoms with E-state index in [9.17, 15) is 9.59 Å². The van der Waals surface area contributed by atoms with Gasteiger partial charge in [0.2, 0.25) is 0 Å². The summed E-state index contributed by atoms with van der Waals surface area (Å²) in [6.45, 7) is 5.97. The molecule has 0 fully saturated rings. The van der Waals surface area contributed by atoms with Crippen molar-refractivity contribution in [2.45, 2.75) is 45.6 Å². The number of hydrogen-bond acceptors (Lipinski definition) is 5. The predicted molar refractivity (Wildman–Crippen MR) is 82.7 cm³/mol. The van der Waals surface area contributed by atoms with Gasteiger partial charge in [-0.3, -0.25) is 9.59 Å². The molecule has 0 amide bonds. The Hall–Kier alpha value is -2.04. The minimum Gasteiger partial charge on any atom is -0.494 e. The van der Waals surface area contributed by atoms with Crippen LogP contribution in [0.4, 0.5) is 0 Å². The monoisotopic (exact) mass is 308 g/mol. The highest BCUT2D eigenvalue weighted by Gasteiger charge is 2.15. The van der Waals surface area contributed by atoms with Crippen molar-refractivity contribution in [1.82, 2.24) is 0 Å². The fourth-order valence-corrected chi connectivity index (χ4v) is 1.74. The second-order valence-corrected chi connectivity index (χ2v) is 5.94. The molecule has 5 nitrogen and oxygen atoms in total. The molecule has 0 N–H and O–H groups in total. The van der Waals surface area contributed by atoms with Crippen LogP contribution in [0.3, 0.4) is 0 Å². The topological polar surface area (TPSA) is 61.8 Å². The Bertz CT molecular complexity index is 485. The predicted octanol–water partition coefficient (Wildman–Crippen LogP) is 2.90. The number of rotatable bonds is 7. The highest BCUT2D eigenvalue weighted by molar-refractivity contribution is 5.72. The lowest BCUT2D eigenvalue weighted by atomic mass is 10.1. The van der Waals surface area contributed by atoms with Crippen LogP contribution in [0, 0.1) is 0 Å². The van der Waals surface area contributed by atoms with E-state index in [2.05, 4.69) is 4.74 Å². The number of carbonyl (C=O) groups is 2. The molecule has 0 aliphatic rings. The van der Waals surface area contributed by atoms with Gasteiger partial charge in [-0.15, -0.1) is 0 Å². The van der Waals surface area contributed by atoms with Gasteiger partial charge in [-0.2, -0.15) is 0 Å². The second-order valence-electron chi connectivity index (χ2n) is 5.94. The lowest BCUT2D eigenvalue weighted by Crippen LogP contribution is -2.23. The molecule has 0 aliphatic carbocycles. The standard InChI is InChI=1S/C17H24O5/c1-17(2,3)22-15(18)6-5-11-21-14-9-7-13(8-10-14)12-16(19)20-4/h7-10H,5-6,11-12H2,1-4H3. The van der Waals surface area contributed by atoms with Gasteiger partial charge in [-0.25, -0.2) is 0 Å². The molecular weight excluding hydrogens is 284 g/mol. The van der Waals surface area contributed by atoms with E-state index >= 15 is 0 Å². The largest absolute Gasteiger partial charge is 0.494 e. The summed E-state index contributed by atoms with van der Waals surface area (Å²) in [7, 11) is 1.37. The maximum absolute atomic E-state index is 11.5. The summed E-state index contributed by atoms with van der Waals surface area (Å²) in [5, 5.41) is 0. The van der Waals surface area contributed by atoms with Crippen molar-refractivity contribution in [2.24, 2.45) is 0 Å². The highest BCUT2D eigenvalue weighted by atomic mass is 16.6. The van der Waals surface area contributed by atoms with Gasteiger partial charge in [-0.05, 0) is 44.9 Å². The van der Waals surface area contributed by atoms with Crippen LogP contribution < -0.4 is 4.74 Å². The molecule has 1 rings (SSSR count). The van der Waals surface area contributed by atoms with Crippen molar-refractivity contribution in [3.05, 3.63) is 29.8 Å². The van der Waals surface area contributed by atoms with Crippen molar-refractivity contribution in [3.63, 3.8) is 0 Å². The molecule has 0 bridgehead atoms. The van der Waals surface area contributed by atoms with Crippen LogP contribution in [-0.4, -0.2) is 31.3 Å². The Morgan fingerprint density at radius 3 is 2.23 bits per heavy atom. The molecule has 0 atom stereocenters. The Kier molecular flexibility index (Phi) is 6.89. The second kappa shape index (κ2) is 8.41. The number of esters is 2. The molecule has 0 aliphatic heterocycles. The summed E-state index contributed by atoms with van der Waals surface area (Å²) in [6.07, 6.45) is 1.17. The number of ether oxygens (including phenoxy) is 3. The smallest absolute Gasteiger partial charge is 0.309 e. The molecule has 0 heterocycles. The van der Waals surface area contributed by atoms with E-state index in [0.29, 0.717) is 25.2 Å². The molecule has 0 radical (unpaired) electrons. The third-order valence-electron chi connectivity index (χ3n) is 2.71. The van der Waals surface area contributed by atoms with Gasteiger partial charge in [0.15, 0.2) is 0 Å². The number of methoxy groups -OCH3 is 1. The fourth-order valence-electron chi connectivity index (χ4n) is 1.74. The van der Waals surface area contributed by atoms with E-state index in [4.69, 9.17) is 9.47 Å². The summed E-state index contributed by atoms with van der Waals surface area (Å²) in [6, 6.07) is 7.23. The molecule has 0 aromatic heterocycles. The Labute approximate surface area is 131 Å². The molecule has 0 spiro atoms. The van der Waals surface area contributed by atoms with Crippen molar-refractivity contribution < 1.29 is 23.8 Å². The van der Waals surface area contributed by atoms with Crippen LogP contribution in [0.5, 0.6) is 5.75 Å². The maximum Gasteiger partial charge on any atom is 0.309 e. The molecule has 1 aromatic rings. The quantitative estimate of drug-likeness (QED) is 0.572. The molecular formula is C17H24O5. The highest BCUT2D eigenvalue weighted by Crippen LogP contribution is 2.14. The van der Waals surface area contributed by atoms with Crippen LogP contribution >= 0.6 is 0 Å². The van der Waals surface area contributed by atoms with E-state index in [1.807, 2.05) is 32.9 Å². The minimum absolute atomic E-state index is 0.218. The Morgan fingerprint density at radius 2 is 1.68 bits per heavy atom. The number of carbonyl (C=O) groups excluding carboxylic acids is 2. The Morgan fingerprint density at radius 1 is 1.05 bits per heavy atom. The SMILES string of the molecule is COC(=O)Cc1ccc(OCCCC(=O)OC(C)(C)C)cc1. The van der Waals surface area contributed by atoms with Crippen LogP contribution in [0.2, 0.25) is 0 Å². The number of hydrogen-bond donors (Lipinski definition) is 0. The summed E-state index contributed by atoms with van der Waals surface area (Å²) < 4.78 is 15.4. The first kappa shape index (κ1) is 18.0. The normalized spacial score (nSPS) is 10.9. The van der Waals surface area contributed by atoms with Crippen molar-refractivity contribution >= 4 is 11.9 Å².